The molecule has 1 atom stereocenters. The molecule has 0 spiro atoms. The SMILES string of the molecule is CCN(C(=O)CN1C(=O)C(C)Oc2ccc(-c3csc(Cc4ccccc4)n3)cc21)c1ccccc1. The third kappa shape index (κ3) is 4.88. The van der Waals surface area contributed by atoms with Gasteiger partial charge in [-0.3, -0.25) is 14.5 Å². The Morgan fingerprint density at radius 2 is 1.78 bits per heavy atom. The van der Waals surface area contributed by atoms with E-state index in [4.69, 9.17) is 9.72 Å². The van der Waals surface area contributed by atoms with Crippen LogP contribution in [0.5, 0.6) is 5.75 Å². The molecule has 1 unspecified atom stereocenters. The smallest absolute Gasteiger partial charge is 0.268 e. The molecule has 182 valence electrons. The Balaban J connectivity index is 1.42. The highest BCUT2D eigenvalue weighted by Gasteiger charge is 2.34. The number of carbonyl (C=O) groups excluding carboxylic acids is 2. The molecule has 0 radical (unpaired) electrons. The molecule has 36 heavy (non-hydrogen) atoms. The van der Waals surface area contributed by atoms with E-state index in [-0.39, 0.29) is 18.4 Å². The van der Waals surface area contributed by atoms with Crippen molar-refractivity contribution in [3.05, 3.63) is 94.8 Å². The van der Waals surface area contributed by atoms with Gasteiger partial charge >= 0.3 is 0 Å². The van der Waals surface area contributed by atoms with Crippen molar-refractivity contribution in [2.75, 3.05) is 22.9 Å². The number of para-hydroxylation sites is 1. The number of hydrogen-bond donors (Lipinski definition) is 0. The Morgan fingerprint density at radius 3 is 2.50 bits per heavy atom. The van der Waals surface area contributed by atoms with Crippen LogP contribution in [-0.2, 0) is 16.0 Å². The number of anilines is 2. The number of ether oxygens (including phenoxy) is 1. The van der Waals surface area contributed by atoms with Gasteiger partial charge in [-0.25, -0.2) is 4.98 Å². The van der Waals surface area contributed by atoms with E-state index in [1.165, 1.54) is 10.5 Å². The molecule has 0 saturated heterocycles. The number of fused-ring (bicyclic) bond motifs is 1. The third-order valence-electron chi connectivity index (χ3n) is 6.19. The van der Waals surface area contributed by atoms with Gasteiger partial charge in [0.05, 0.1) is 16.4 Å². The average molecular weight is 498 g/mol. The van der Waals surface area contributed by atoms with Gasteiger partial charge in [-0.15, -0.1) is 11.3 Å². The van der Waals surface area contributed by atoms with E-state index in [2.05, 4.69) is 12.1 Å². The number of hydrogen-bond acceptors (Lipinski definition) is 5. The predicted molar refractivity (Wildman–Crippen MR) is 144 cm³/mol. The lowest BCUT2D eigenvalue weighted by atomic mass is 10.1. The normalized spacial score (nSPS) is 14.8. The molecule has 7 heteroatoms. The Hall–Kier alpha value is -3.97. The van der Waals surface area contributed by atoms with Gasteiger partial charge in [0.1, 0.15) is 12.3 Å². The van der Waals surface area contributed by atoms with E-state index in [1.54, 1.807) is 23.2 Å². The zero-order chi connectivity index (χ0) is 25.1. The minimum Gasteiger partial charge on any atom is -0.479 e. The van der Waals surface area contributed by atoms with Crippen LogP contribution in [0.4, 0.5) is 11.4 Å². The largest absolute Gasteiger partial charge is 0.479 e. The quantitative estimate of drug-likeness (QED) is 0.335. The minimum absolute atomic E-state index is 0.0674. The van der Waals surface area contributed by atoms with Crippen molar-refractivity contribution in [3.63, 3.8) is 0 Å². The number of amides is 2. The fourth-order valence-electron chi connectivity index (χ4n) is 4.36. The minimum atomic E-state index is -0.667. The second-order valence-electron chi connectivity index (χ2n) is 8.63. The molecule has 3 aromatic carbocycles. The second-order valence-corrected chi connectivity index (χ2v) is 9.57. The summed E-state index contributed by atoms with van der Waals surface area (Å²) in [5.74, 6) is 0.197. The number of thiazole rings is 1. The molecule has 6 nitrogen and oxygen atoms in total. The van der Waals surface area contributed by atoms with E-state index >= 15 is 0 Å². The van der Waals surface area contributed by atoms with E-state index in [0.29, 0.717) is 18.0 Å². The summed E-state index contributed by atoms with van der Waals surface area (Å²) in [6.45, 7) is 4.08. The molecule has 4 aromatic rings. The molecule has 0 fully saturated rings. The first-order chi connectivity index (χ1) is 17.5. The molecular formula is C29H27N3O3S. The molecular weight excluding hydrogens is 470 g/mol. The molecule has 2 amide bonds. The summed E-state index contributed by atoms with van der Waals surface area (Å²) in [6.07, 6.45) is 0.0994. The van der Waals surface area contributed by atoms with Gasteiger partial charge in [0, 0.05) is 29.6 Å². The van der Waals surface area contributed by atoms with Crippen LogP contribution in [0.15, 0.2) is 84.2 Å². The number of carbonyl (C=O) groups is 2. The molecule has 0 bridgehead atoms. The Labute approximate surface area is 214 Å². The van der Waals surface area contributed by atoms with E-state index in [9.17, 15) is 9.59 Å². The van der Waals surface area contributed by atoms with Gasteiger partial charge < -0.3 is 9.64 Å². The van der Waals surface area contributed by atoms with Crippen molar-refractivity contribution < 1.29 is 14.3 Å². The standard InChI is InChI=1S/C29H27N3O3S/c1-3-31(23-12-8-5-9-13-23)28(33)18-32-25-17-22(14-15-26(25)35-20(2)29(32)34)24-19-36-27(30-24)16-21-10-6-4-7-11-21/h4-15,17,19-20H,3,16,18H2,1-2H3. The summed E-state index contributed by atoms with van der Waals surface area (Å²) in [7, 11) is 0. The lowest BCUT2D eigenvalue weighted by molar-refractivity contribution is -0.127. The van der Waals surface area contributed by atoms with Gasteiger partial charge in [-0.2, -0.15) is 0 Å². The topological polar surface area (TPSA) is 62.7 Å². The lowest BCUT2D eigenvalue weighted by Gasteiger charge is -2.34. The van der Waals surface area contributed by atoms with Crippen LogP contribution in [0.1, 0.15) is 24.4 Å². The van der Waals surface area contributed by atoms with Crippen LogP contribution in [0.3, 0.4) is 0 Å². The lowest BCUT2D eigenvalue weighted by Crippen LogP contribution is -2.49. The maximum absolute atomic E-state index is 13.3. The number of benzene rings is 3. The van der Waals surface area contributed by atoms with Crippen LogP contribution in [0.2, 0.25) is 0 Å². The molecule has 0 aliphatic carbocycles. The first kappa shape index (κ1) is 23.8. The molecule has 5 rings (SSSR count). The highest BCUT2D eigenvalue weighted by atomic mass is 32.1. The zero-order valence-electron chi connectivity index (χ0n) is 20.3. The van der Waals surface area contributed by atoms with Crippen molar-refractivity contribution >= 4 is 34.5 Å². The van der Waals surface area contributed by atoms with Crippen LogP contribution in [0.25, 0.3) is 11.3 Å². The van der Waals surface area contributed by atoms with E-state index in [1.807, 2.05) is 79.0 Å². The van der Waals surface area contributed by atoms with Crippen LogP contribution >= 0.6 is 11.3 Å². The van der Waals surface area contributed by atoms with Crippen LogP contribution in [0, 0.1) is 0 Å². The van der Waals surface area contributed by atoms with Crippen molar-refractivity contribution in [2.45, 2.75) is 26.4 Å². The summed E-state index contributed by atoms with van der Waals surface area (Å²) >= 11 is 1.61. The highest BCUT2D eigenvalue weighted by molar-refractivity contribution is 7.10. The summed E-state index contributed by atoms with van der Waals surface area (Å²) in [5, 5.41) is 3.04. The Bertz CT molecular complexity index is 1370. The highest BCUT2D eigenvalue weighted by Crippen LogP contribution is 2.38. The summed E-state index contributed by atoms with van der Waals surface area (Å²) in [4.78, 5) is 34.5. The molecule has 1 aromatic heterocycles. The maximum atomic E-state index is 13.3. The third-order valence-corrected chi connectivity index (χ3v) is 7.04. The van der Waals surface area contributed by atoms with Gasteiger partial charge in [0.15, 0.2) is 6.10 Å². The fraction of sp³-hybridized carbons (Fsp3) is 0.207. The summed E-state index contributed by atoms with van der Waals surface area (Å²) in [5.41, 5.74) is 4.32. The molecule has 0 saturated carbocycles. The number of rotatable bonds is 7. The van der Waals surface area contributed by atoms with Crippen LogP contribution in [-0.4, -0.2) is 36.0 Å². The van der Waals surface area contributed by atoms with Gasteiger partial charge in [0.25, 0.3) is 5.91 Å². The van der Waals surface area contributed by atoms with Crippen molar-refractivity contribution in [3.8, 4) is 17.0 Å². The molecule has 0 N–H and O–H groups in total. The number of aromatic nitrogens is 1. The summed E-state index contributed by atoms with van der Waals surface area (Å²) in [6, 6.07) is 25.4. The first-order valence-electron chi connectivity index (χ1n) is 12.0. The number of likely N-dealkylation sites (N-methyl/N-ethyl adjacent to an activating group) is 1. The fourth-order valence-corrected chi connectivity index (χ4v) is 5.19. The predicted octanol–water partition coefficient (Wildman–Crippen LogP) is 5.57. The molecule has 1 aliphatic rings. The monoisotopic (exact) mass is 497 g/mol. The van der Waals surface area contributed by atoms with Crippen molar-refractivity contribution in [2.24, 2.45) is 0 Å². The van der Waals surface area contributed by atoms with E-state index < -0.39 is 6.10 Å². The molecule has 2 heterocycles. The average Bonchev–Trinajstić information content (AvgIpc) is 3.36. The van der Waals surface area contributed by atoms with E-state index in [0.717, 1.165) is 28.4 Å². The van der Waals surface area contributed by atoms with Crippen molar-refractivity contribution in [1.29, 1.82) is 0 Å². The Morgan fingerprint density at radius 1 is 1.06 bits per heavy atom. The molecule has 1 aliphatic heterocycles. The second kappa shape index (κ2) is 10.3. The summed E-state index contributed by atoms with van der Waals surface area (Å²) < 4.78 is 5.87. The van der Waals surface area contributed by atoms with Crippen molar-refractivity contribution in [1.82, 2.24) is 4.98 Å². The number of nitrogens with zero attached hydrogens (tertiary/aromatic N) is 3. The zero-order valence-corrected chi connectivity index (χ0v) is 21.1. The van der Waals surface area contributed by atoms with Crippen LogP contribution < -0.4 is 14.5 Å². The maximum Gasteiger partial charge on any atom is 0.268 e. The Kier molecular flexibility index (Phi) is 6.82. The first-order valence-corrected chi connectivity index (χ1v) is 12.9. The van der Waals surface area contributed by atoms with Gasteiger partial charge in [-0.1, -0.05) is 48.5 Å². The van der Waals surface area contributed by atoms with Gasteiger partial charge in [0.2, 0.25) is 5.91 Å². The van der Waals surface area contributed by atoms with Gasteiger partial charge in [-0.05, 0) is 49.7 Å².